The molecule has 86 valence electrons. The maximum absolute atomic E-state index is 8.74. The molecule has 0 bridgehead atoms. The zero-order chi connectivity index (χ0) is 12.1. The fourth-order valence-electron chi connectivity index (χ4n) is 1.62. The second-order valence-corrected chi connectivity index (χ2v) is 4.95. The van der Waals surface area contributed by atoms with Gasteiger partial charge in [0, 0.05) is 17.1 Å². The van der Waals surface area contributed by atoms with Gasteiger partial charge in [0.05, 0.1) is 0 Å². The second-order valence-electron chi connectivity index (χ2n) is 3.79. The molecule has 2 rings (SSSR count). The average Bonchev–Trinajstić information content (AvgIpc) is 2.84. The van der Waals surface area contributed by atoms with Gasteiger partial charge in [-0.25, -0.2) is 0 Å². The van der Waals surface area contributed by atoms with Crippen LogP contribution in [0.4, 0.5) is 5.69 Å². The van der Waals surface area contributed by atoms with Gasteiger partial charge >= 0.3 is 0 Å². The summed E-state index contributed by atoms with van der Waals surface area (Å²) in [6.07, 6.45) is 1.05. The number of nitrogens with zero attached hydrogens (tertiary/aromatic N) is 1. The molecule has 0 aliphatic rings. The van der Waals surface area contributed by atoms with Crippen LogP contribution in [-0.4, -0.2) is 0 Å². The lowest BCUT2D eigenvalue weighted by atomic mass is 10.1. The quantitative estimate of drug-likeness (QED) is 0.885. The normalized spacial score (nSPS) is 9.88. The van der Waals surface area contributed by atoms with Crippen molar-refractivity contribution in [1.29, 1.82) is 5.26 Å². The van der Waals surface area contributed by atoms with Gasteiger partial charge in [-0.15, -0.1) is 11.3 Å². The first-order valence-corrected chi connectivity index (χ1v) is 6.45. The van der Waals surface area contributed by atoms with Crippen LogP contribution in [0.1, 0.15) is 22.2 Å². The van der Waals surface area contributed by atoms with Crippen LogP contribution in [0.15, 0.2) is 36.4 Å². The molecule has 0 saturated carbocycles. The number of nitriles is 1. The van der Waals surface area contributed by atoms with E-state index < -0.39 is 0 Å². The highest BCUT2D eigenvalue weighted by Crippen LogP contribution is 2.18. The van der Waals surface area contributed by atoms with Crippen LogP contribution in [0.3, 0.4) is 0 Å². The van der Waals surface area contributed by atoms with Crippen LogP contribution in [-0.2, 0) is 13.0 Å². The molecule has 0 spiro atoms. The molecule has 0 aliphatic carbocycles. The third kappa shape index (κ3) is 3.08. The van der Waals surface area contributed by atoms with Crippen molar-refractivity contribution in [3.8, 4) is 6.07 Å². The van der Waals surface area contributed by atoms with Gasteiger partial charge in [-0.05, 0) is 36.2 Å². The van der Waals surface area contributed by atoms with E-state index in [2.05, 4.69) is 42.6 Å². The topological polar surface area (TPSA) is 35.8 Å². The predicted molar refractivity (Wildman–Crippen MR) is 72.2 cm³/mol. The number of nitrogens with one attached hydrogen (secondary N) is 1. The number of anilines is 1. The molecular formula is C14H14N2S. The first-order chi connectivity index (χ1) is 8.31. The summed E-state index contributed by atoms with van der Waals surface area (Å²) in [5.74, 6) is 0. The summed E-state index contributed by atoms with van der Waals surface area (Å²) in [6.45, 7) is 2.93. The van der Waals surface area contributed by atoms with Gasteiger partial charge in [-0.3, -0.25) is 0 Å². The van der Waals surface area contributed by atoms with Gasteiger partial charge < -0.3 is 5.32 Å². The van der Waals surface area contributed by atoms with Crippen molar-refractivity contribution < 1.29 is 0 Å². The van der Waals surface area contributed by atoms with Crippen molar-refractivity contribution >= 4 is 17.0 Å². The molecule has 1 heterocycles. The van der Waals surface area contributed by atoms with Crippen molar-refractivity contribution in [3.63, 3.8) is 0 Å². The van der Waals surface area contributed by atoms with Crippen molar-refractivity contribution in [2.45, 2.75) is 19.9 Å². The molecule has 1 aromatic heterocycles. The summed E-state index contributed by atoms with van der Waals surface area (Å²) in [7, 11) is 0. The highest BCUT2D eigenvalue weighted by atomic mass is 32.1. The fourth-order valence-corrected chi connectivity index (χ4v) is 2.37. The van der Waals surface area contributed by atoms with E-state index in [1.807, 2.05) is 12.1 Å². The average molecular weight is 242 g/mol. The largest absolute Gasteiger partial charge is 0.380 e. The Hall–Kier alpha value is -1.79. The van der Waals surface area contributed by atoms with E-state index in [4.69, 9.17) is 5.26 Å². The smallest absolute Gasteiger partial charge is 0.110 e. The number of benzene rings is 1. The van der Waals surface area contributed by atoms with E-state index in [1.54, 1.807) is 0 Å². The van der Waals surface area contributed by atoms with E-state index in [-0.39, 0.29) is 0 Å². The summed E-state index contributed by atoms with van der Waals surface area (Å²) in [5.41, 5.74) is 2.47. The molecule has 0 amide bonds. The minimum atomic E-state index is 0.768. The predicted octanol–water partition coefficient (Wildman–Crippen LogP) is 3.79. The molecule has 17 heavy (non-hydrogen) atoms. The van der Waals surface area contributed by atoms with Gasteiger partial charge in [0.2, 0.25) is 0 Å². The number of hydrogen-bond donors (Lipinski definition) is 1. The van der Waals surface area contributed by atoms with Crippen molar-refractivity contribution in [2.24, 2.45) is 0 Å². The van der Waals surface area contributed by atoms with Crippen LogP contribution >= 0.6 is 11.3 Å². The standard InChI is InChI=1S/C14H14N2S/c1-2-11-4-3-5-12(8-11)16-10-14-7-6-13(9-15)17-14/h3-8,16H,2,10H2,1H3. The van der Waals surface area contributed by atoms with Gasteiger partial charge in [-0.2, -0.15) is 5.26 Å². The summed E-state index contributed by atoms with van der Waals surface area (Å²) in [4.78, 5) is 1.95. The Labute approximate surface area is 106 Å². The first kappa shape index (κ1) is 11.7. The molecule has 0 saturated heterocycles. The van der Waals surface area contributed by atoms with Crippen molar-refractivity contribution in [1.82, 2.24) is 0 Å². The Morgan fingerprint density at radius 1 is 1.29 bits per heavy atom. The van der Waals surface area contributed by atoms with Crippen LogP contribution in [0, 0.1) is 11.3 Å². The number of thiophene rings is 1. The molecule has 0 atom stereocenters. The number of hydrogen-bond acceptors (Lipinski definition) is 3. The van der Waals surface area contributed by atoms with E-state index in [0.29, 0.717) is 0 Å². The second kappa shape index (κ2) is 5.51. The third-order valence-corrected chi connectivity index (χ3v) is 3.56. The lowest BCUT2D eigenvalue weighted by Crippen LogP contribution is -1.97. The molecule has 1 N–H and O–H groups in total. The summed E-state index contributed by atoms with van der Waals surface area (Å²) in [6, 6.07) is 14.4. The Bertz CT molecular complexity index is 537. The fraction of sp³-hybridized carbons (Fsp3) is 0.214. The van der Waals surface area contributed by atoms with Crippen LogP contribution in [0.2, 0.25) is 0 Å². The van der Waals surface area contributed by atoms with Crippen molar-refractivity contribution in [2.75, 3.05) is 5.32 Å². The summed E-state index contributed by atoms with van der Waals surface area (Å²) < 4.78 is 0. The molecule has 1 aromatic carbocycles. The summed E-state index contributed by atoms with van der Waals surface area (Å²) in [5, 5.41) is 12.1. The van der Waals surface area contributed by atoms with Gasteiger partial charge in [0.25, 0.3) is 0 Å². The molecule has 2 nitrogen and oxygen atoms in total. The molecule has 2 aromatic rings. The molecule has 0 unspecified atom stereocenters. The number of rotatable bonds is 4. The van der Waals surface area contributed by atoms with E-state index >= 15 is 0 Å². The molecular weight excluding hydrogens is 228 g/mol. The molecule has 0 radical (unpaired) electrons. The lowest BCUT2D eigenvalue weighted by molar-refractivity contribution is 1.13. The first-order valence-electron chi connectivity index (χ1n) is 5.63. The zero-order valence-electron chi connectivity index (χ0n) is 9.73. The number of aryl methyl sites for hydroxylation is 1. The van der Waals surface area contributed by atoms with Crippen LogP contribution in [0.25, 0.3) is 0 Å². The minimum absolute atomic E-state index is 0.768. The lowest BCUT2D eigenvalue weighted by Gasteiger charge is -2.06. The third-order valence-electron chi connectivity index (χ3n) is 2.57. The maximum Gasteiger partial charge on any atom is 0.110 e. The zero-order valence-corrected chi connectivity index (χ0v) is 10.6. The highest BCUT2D eigenvalue weighted by Gasteiger charge is 1.99. The van der Waals surface area contributed by atoms with E-state index in [0.717, 1.165) is 23.5 Å². The van der Waals surface area contributed by atoms with Crippen LogP contribution in [0.5, 0.6) is 0 Å². The Morgan fingerprint density at radius 3 is 2.88 bits per heavy atom. The molecule has 0 aliphatic heterocycles. The van der Waals surface area contributed by atoms with E-state index in [9.17, 15) is 0 Å². The Morgan fingerprint density at radius 2 is 2.18 bits per heavy atom. The van der Waals surface area contributed by atoms with Crippen molar-refractivity contribution in [3.05, 3.63) is 51.7 Å². The van der Waals surface area contributed by atoms with Gasteiger partial charge in [0.15, 0.2) is 0 Å². The Balaban J connectivity index is 1.99. The van der Waals surface area contributed by atoms with Gasteiger partial charge in [0.1, 0.15) is 10.9 Å². The maximum atomic E-state index is 8.74. The monoisotopic (exact) mass is 242 g/mol. The minimum Gasteiger partial charge on any atom is -0.380 e. The highest BCUT2D eigenvalue weighted by molar-refractivity contribution is 7.12. The Kier molecular flexibility index (Phi) is 3.79. The van der Waals surface area contributed by atoms with E-state index in [1.165, 1.54) is 21.8 Å². The summed E-state index contributed by atoms with van der Waals surface area (Å²) >= 11 is 1.54. The molecule has 0 fully saturated rings. The van der Waals surface area contributed by atoms with Crippen LogP contribution < -0.4 is 5.32 Å². The molecule has 3 heteroatoms. The van der Waals surface area contributed by atoms with Gasteiger partial charge in [-0.1, -0.05) is 19.1 Å². The SMILES string of the molecule is CCc1cccc(NCc2ccc(C#N)s2)c1.